The van der Waals surface area contributed by atoms with Gasteiger partial charge in [0.2, 0.25) is 10.9 Å². The summed E-state index contributed by atoms with van der Waals surface area (Å²) in [5.74, 6) is 1.64. The van der Waals surface area contributed by atoms with Crippen LogP contribution in [-0.2, 0) is 0 Å². The van der Waals surface area contributed by atoms with Crippen molar-refractivity contribution in [3.63, 3.8) is 0 Å². The number of aryl methyl sites for hydroxylation is 3. The van der Waals surface area contributed by atoms with Gasteiger partial charge in [0.1, 0.15) is 5.82 Å². The van der Waals surface area contributed by atoms with Crippen LogP contribution in [-0.4, -0.2) is 40.5 Å². The highest BCUT2D eigenvalue weighted by atomic mass is 32.1. The number of amides is 1. The zero-order chi connectivity index (χ0) is 25.1. The Hall–Kier alpha value is -3.59. The molecular formula is C26H30N4O4S. The Labute approximate surface area is 208 Å². The maximum absolute atomic E-state index is 13.3. The summed E-state index contributed by atoms with van der Waals surface area (Å²) < 4.78 is 20.0. The summed E-state index contributed by atoms with van der Waals surface area (Å²) in [6.07, 6.45) is 0. The predicted octanol–water partition coefficient (Wildman–Crippen LogP) is 5.86. The lowest BCUT2D eigenvalue weighted by molar-refractivity contribution is 0.102. The normalized spacial score (nSPS) is 11.0. The van der Waals surface area contributed by atoms with Gasteiger partial charge in [-0.15, -0.1) is 0 Å². The summed E-state index contributed by atoms with van der Waals surface area (Å²) in [5, 5.41) is 8.25. The topological polar surface area (TPSA) is 87.5 Å². The van der Waals surface area contributed by atoms with E-state index in [1.165, 1.54) is 22.5 Å². The standard InChI is InChI=1S/C26H30N4O4S/c1-7-32-20-13-18(14-21(33-8-2)24(20)34-9-3)25(31)28-23-12-17(6)29-30(23)26-27-19-10-15(4)16(5)11-22(19)35-26/h10-14H,7-9H2,1-6H3,(H,28,31). The number of hydrogen-bond donors (Lipinski definition) is 1. The van der Waals surface area contributed by atoms with Crippen LogP contribution in [0.4, 0.5) is 5.82 Å². The first-order valence-corrected chi connectivity index (χ1v) is 12.5. The average molecular weight is 495 g/mol. The van der Waals surface area contributed by atoms with Gasteiger partial charge in [0.05, 0.1) is 35.7 Å². The van der Waals surface area contributed by atoms with Crippen molar-refractivity contribution in [3.8, 4) is 22.4 Å². The quantitative estimate of drug-likeness (QED) is 0.314. The maximum Gasteiger partial charge on any atom is 0.257 e. The molecular weight excluding hydrogens is 464 g/mol. The molecule has 0 radical (unpaired) electrons. The molecule has 0 atom stereocenters. The summed E-state index contributed by atoms with van der Waals surface area (Å²) in [6, 6.07) is 9.36. The molecule has 0 fully saturated rings. The van der Waals surface area contributed by atoms with E-state index in [2.05, 4.69) is 36.4 Å². The van der Waals surface area contributed by atoms with Crippen LogP contribution in [0.3, 0.4) is 0 Å². The fourth-order valence-corrected chi connectivity index (χ4v) is 4.71. The van der Waals surface area contributed by atoms with Crippen molar-refractivity contribution in [1.29, 1.82) is 0 Å². The third-order valence-electron chi connectivity index (χ3n) is 5.42. The van der Waals surface area contributed by atoms with E-state index in [0.717, 1.165) is 15.9 Å². The summed E-state index contributed by atoms with van der Waals surface area (Å²) in [5.41, 5.74) is 4.46. The lowest BCUT2D eigenvalue weighted by atomic mass is 10.1. The second kappa shape index (κ2) is 10.4. The molecule has 35 heavy (non-hydrogen) atoms. The van der Waals surface area contributed by atoms with Crippen LogP contribution >= 0.6 is 11.3 Å². The van der Waals surface area contributed by atoms with Gasteiger partial charge in [-0.3, -0.25) is 4.79 Å². The van der Waals surface area contributed by atoms with Crippen LogP contribution in [0.5, 0.6) is 17.2 Å². The van der Waals surface area contributed by atoms with E-state index in [1.807, 2.05) is 33.8 Å². The highest BCUT2D eigenvalue weighted by molar-refractivity contribution is 7.20. The van der Waals surface area contributed by atoms with Crippen LogP contribution in [0.15, 0.2) is 30.3 Å². The van der Waals surface area contributed by atoms with E-state index in [1.54, 1.807) is 16.8 Å². The molecule has 4 aromatic rings. The summed E-state index contributed by atoms with van der Waals surface area (Å²) in [6.45, 7) is 13.0. The Morgan fingerprint density at radius 3 is 2.17 bits per heavy atom. The molecule has 0 aliphatic carbocycles. The number of carbonyl (C=O) groups is 1. The van der Waals surface area contributed by atoms with Crippen LogP contribution in [0.2, 0.25) is 0 Å². The highest BCUT2D eigenvalue weighted by Crippen LogP contribution is 2.39. The van der Waals surface area contributed by atoms with Gasteiger partial charge in [-0.2, -0.15) is 9.78 Å². The first kappa shape index (κ1) is 24.5. The maximum atomic E-state index is 13.3. The number of nitrogens with zero attached hydrogens (tertiary/aromatic N) is 3. The number of rotatable bonds is 9. The first-order chi connectivity index (χ1) is 16.8. The molecule has 0 saturated heterocycles. The average Bonchev–Trinajstić information content (AvgIpc) is 3.38. The lowest BCUT2D eigenvalue weighted by Crippen LogP contribution is -2.16. The van der Waals surface area contributed by atoms with Crippen LogP contribution < -0.4 is 19.5 Å². The number of anilines is 1. The number of thiazole rings is 1. The predicted molar refractivity (Wildman–Crippen MR) is 139 cm³/mol. The largest absolute Gasteiger partial charge is 0.490 e. The zero-order valence-corrected chi connectivity index (χ0v) is 21.7. The van der Waals surface area contributed by atoms with Gasteiger partial charge in [0, 0.05) is 11.6 Å². The number of fused-ring (bicyclic) bond motifs is 1. The molecule has 0 aliphatic rings. The molecule has 1 amide bonds. The minimum absolute atomic E-state index is 0.316. The van der Waals surface area contributed by atoms with Gasteiger partial charge in [-0.05, 0) is 76.9 Å². The van der Waals surface area contributed by atoms with E-state index in [-0.39, 0.29) is 5.91 Å². The molecule has 9 heteroatoms. The number of nitrogens with one attached hydrogen (secondary N) is 1. The van der Waals surface area contributed by atoms with Gasteiger partial charge >= 0.3 is 0 Å². The smallest absolute Gasteiger partial charge is 0.257 e. The second-order valence-electron chi connectivity index (χ2n) is 8.04. The van der Waals surface area contributed by atoms with E-state index in [4.69, 9.17) is 19.2 Å². The molecule has 0 aliphatic heterocycles. The molecule has 0 bridgehead atoms. The first-order valence-electron chi connectivity index (χ1n) is 11.7. The van der Waals surface area contributed by atoms with Crippen LogP contribution in [0.1, 0.15) is 48.0 Å². The molecule has 184 valence electrons. The van der Waals surface area contributed by atoms with Crippen molar-refractivity contribution in [3.05, 3.63) is 52.7 Å². The Bertz CT molecular complexity index is 1310. The number of hydrogen-bond acceptors (Lipinski definition) is 7. The van der Waals surface area contributed by atoms with Crippen molar-refractivity contribution in [2.24, 2.45) is 0 Å². The van der Waals surface area contributed by atoms with Gasteiger partial charge in [-0.25, -0.2) is 4.98 Å². The third-order valence-corrected chi connectivity index (χ3v) is 6.41. The zero-order valence-electron chi connectivity index (χ0n) is 20.9. The molecule has 2 heterocycles. The molecule has 1 N–H and O–H groups in total. The Morgan fingerprint density at radius 1 is 0.914 bits per heavy atom. The number of ether oxygens (including phenoxy) is 3. The molecule has 0 unspecified atom stereocenters. The molecule has 4 rings (SSSR count). The minimum atomic E-state index is -0.316. The molecule has 2 aromatic carbocycles. The van der Waals surface area contributed by atoms with E-state index in [0.29, 0.717) is 53.6 Å². The summed E-state index contributed by atoms with van der Waals surface area (Å²) >= 11 is 1.53. The van der Waals surface area contributed by atoms with E-state index in [9.17, 15) is 4.79 Å². The van der Waals surface area contributed by atoms with Gasteiger partial charge in [0.25, 0.3) is 5.91 Å². The monoisotopic (exact) mass is 494 g/mol. The minimum Gasteiger partial charge on any atom is -0.490 e. The van der Waals surface area contributed by atoms with Crippen LogP contribution in [0, 0.1) is 20.8 Å². The Balaban J connectivity index is 1.70. The Kier molecular flexibility index (Phi) is 7.25. The number of carbonyl (C=O) groups excluding carboxylic acids is 1. The number of benzene rings is 2. The van der Waals surface area contributed by atoms with Gasteiger partial charge < -0.3 is 19.5 Å². The van der Waals surface area contributed by atoms with Crippen molar-refractivity contribution >= 4 is 33.3 Å². The molecule has 0 spiro atoms. The summed E-state index contributed by atoms with van der Waals surface area (Å²) in [4.78, 5) is 18.1. The van der Waals surface area contributed by atoms with Crippen molar-refractivity contribution in [2.45, 2.75) is 41.5 Å². The van der Waals surface area contributed by atoms with Crippen LogP contribution in [0.25, 0.3) is 15.3 Å². The fourth-order valence-electron chi connectivity index (χ4n) is 3.70. The third kappa shape index (κ3) is 5.09. The second-order valence-corrected chi connectivity index (χ2v) is 9.05. The van der Waals surface area contributed by atoms with Gasteiger partial charge in [-0.1, -0.05) is 11.3 Å². The Morgan fingerprint density at radius 2 is 1.54 bits per heavy atom. The molecule has 0 saturated carbocycles. The van der Waals surface area contributed by atoms with Crippen molar-refractivity contribution < 1.29 is 19.0 Å². The van der Waals surface area contributed by atoms with Crippen molar-refractivity contribution in [1.82, 2.24) is 14.8 Å². The highest BCUT2D eigenvalue weighted by Gasteiger charge is 2.21. The fraction of sp³-hybridized carbons (Fsp3) is 0.346. The lowest BCUT2D eigenvalue weighted by Gasteiger charge is -2.17. The summed E-state index contributed by atoms with van der Waals surface area (Å²) in [7, 11) is 0. The number of aromatic nitrogens is 3. The van der Waals surface area contributed by atoms with Gasteiger partial charge in [0.15, 0.2) is 11.5 Å². The van der Waals surface area contributed by atoms with E-state index >= 15 is 0 Å². The molecule has 8 nitrogen and oxygen atoms in total. The SMILES string of the molecule is CCOc1cc(C(=O)Nc2cc(C)nn2-c2nc3cc(C)c(C)cc3s2)cc(OCC)c1OCC. The van der Waals surface area contributed by atoms with E-state index < -0.39 is 0 Å². The van der Waals surface area contributed by atoms with Crippen molar-refractivity contribution in [2.75, 3.05) is 25.1 Å². The molecule has 2 aromatic heterocycles.